The van der Waals surface area contributed by atoms with E-state index in [4.69, 9.17) is 5.73 Å². The number of amides is 1. The Bertz CT molecular complexity index is 813. The Hall–Kier alpha value is -2.99. The maximum absolute atomic E-state index is 12.3. The predicted molar refractivity (Wildman–Crippen MR) is 88.6 cm³/mol. The van der Waals surface area contributed by atoms with Gasteiger partial charge in [-0.3, -0.25) is 9.89 Å². The lowest BCUT2D eigenvalue weighted by molar-refractivity contribution is -0.117. The quantitative estimate of drug-likeness (QED) is 0.689. The number of hydrogen-bond acceptors (Lipinski definition) is 4. The lowest BCUT2D eigenvalue weighted by Crippen LogP contribution is -2.27. The Labute approximate surface area is 133 Å². The van der Waals surface area contributed by atoms with E-state index in [9.17, 15) is 4.79 Å². The van der Waals surface area contributed by atoms with Crippen molar-refractivity contribution < 1.29 is 4.79 Å². The van der Waals surface area contributed by atoms with Gasteiger partial charge in [-0.2, -0.15) is 5.10 Å². The number of nitrogens with one attached hydrogen (secondary N) is 2. The lowest BCUT2D eigenvalue weighted by Gasteiger charge is -2.13. The highest BCUT2D eigenvalue weighted by Gasteiger charge is 2.16. The minimum atomic E-state index is -0.717. The zero-order valence-corrected chi connectivity index (χ0v) is 12.7. The Morgan fingerprint density at radius 2 is 1.96 bits per heavy atom. The van der Waals surface area contributed by atoms with Gasteiger partial charge >= 0.3 is 0 Å². The van der Waals surface area contributed by atoms with Crippen LogP contribution in [0.2, 0.25) is 0 Å². The van der Waals surface area contributed by atoms with Gasteiger partial charge in [-0.1, -0.05) is 42.5 Å². The standard InChI is InChI=1S/C17H17N5O/c1-11-19-16(22-21-11)13-8-5-9-14(10-13)20-17(23)15(18)12-6-3-2-4-7-12/h2-10,15H,18H2,1H3,(H,20,23)(H,19,21,22)/t15-/m0/s1. The van der Waals surface area contributed by atoms with E-state index in [2.05, 4.69) is 20.5 Å². The molecule has 6 nitrogen and oxygen atoms in total. The zero-order chi connectivity index (χ0) is 16.2. The maximum atomic E-state index is 12.3. The van der Waals surface area contributed by atoms with Crippen molar-refractivity contribution in [3.05, 3.63) is 66.0 Å². The molecule has 0 aliphatic heterocycles. The molecule has 0 saturated heterocycles. The number of H-pyrrole nitrogens is 1. The van der Waals surface area contributed by atoms with Crippen molar-refractivity contribution in [1.82, 2.24) is 15.2 Å². The van der Waals surface area contributed by atoms with E-state index in [1.807, 2.05) is 55.5 Å². The van der Waals surface area contributed by atoms with Crippen LogP contribution in [-0.4, -0.2) is 21.1 Å². The molecule has 4 N–H and O–H groups in total. The van der Waals surface area contributed by atoms with E-state index in [-0.39, 0.29) is 5.91 Å². The first-order valence-corrected chi connectivity index (χ1v) is 7.24. The summed E-state index contributed by atoms with van der Waals surface area (Å²) in [5, 5.41) is 9.74. The molecule has 0 aliphatic rings. The SMILES string of the molecule is Cc1nc(-c2cccc(NC(=O)[C@@H](N)c3ccccc3)c2)n[nH]1. The first kappa shape index (κ1) is 14.9. The van der Waals surface area contributed by atoms with Crippen molar-refractivity contribution in [2.24, 2.45) is 5.73 Å². The maximum Gasteiger partial charge on any atom is 0.245 e. The van der Waals surface area contributed by atoms with Crippen LogP contribution < -0.4 is 11.1 Å². The average molecular weight is 307 g/mol. The number of nitrogens with zero attached hydrogens (tertiary/aromatic N) is 2. The Morgan fingerprint density at radius 3 is 2.65 bits per heavy atom. The Morgan fingerprint density at radius 1 is 1.17 bits per heavy atom. The van der Waals surface area contributed by atoms with Crippen LogP contribution in [0.5, 0.6) is 0 Å². The van der Waals surface area contributed by atoms with Crippen molar-refractivity contribution in [1.29, 1.82) is 0 Å². The van der Waals surface area contributed by atoms with E-state index in [0.29, 0.717) is 11.5 Å². The van der Waals surface area contributed by atoms with Crippen molar-refractivity contribution in [2.75, 3.05) is 5.32 Å². The van der Waals surface area contributed by atoms with Crippen LogP contribution in [0.15, 0.2) is 54.6 Å². The monoisotopic (exact) mass is 307 g/mol. The smallest absolute Gasteiger partial charge is 0.245 e. The van der Waals surface area contributed by atoms with E-state index in [0.717, 1.165) is 17.0 Å². The fourth-order valence-corrected chi connectivity index (χ4v) is 2.24. The fraction of sp³-hybridized carbons (Fsp3) is 0.118. The van der Waals surface area contributed by atoms with Gasteiger partial charge in [0.1, 0.15) is 11.9 Å². The Kier molecular flexibility index (Phi) is 4.16. The summed E-state index contributed by atoms with van der Waals surface area (Å²) in [5.74, 6) is 1.06. The van der Waals surface area contributed by atoms with Crippen LogP contribution in [0, 0.1) is 6.92 Å². The van der Waals surface area contributed by atoms with Crippen LogP contribution >= 0.6 is 0 Å². The molecule has 0 aliphatic carbocycles. The zero-order valence-electron chi connectivity index (χ0n) is 12.7. The molecule has 0 saturated carbocycles. The van der Waals surface area contributed by atoms with E-state index >= 15 is 0 Å². The molecule has 0 unspecified atom stereocenters. The summed E-state index contributed by atoms with van der Waals surface area (Å²) in [7, 11) is 0. The minimum Gasteiger partial charge on any atom is -0.324 e. The number of aryl methyl sites for hydroxylation is 1. The number of nitrogens with two attached hydrogens (primary N) is 1. The number of carbonyl (C=O) groups excluding carboxylic acids is 1. The predicted octanol–water partition coefficient (Wildman–Crippen LogP) is 2.42. The van der Waals surface area contributed by atoms with Crippen LogP contribution in [0.25, 0.3) is 11.4 Å². The number of benzene rings is 2. The van der Waals surface area contributed by atoms with Crippen LogP contribution in [0.1, 0.15) is 17.4 Å². The number of rotatable bonds is 4. The van der Waals surface area contributed by atoms with E-state index in [1.54, 1.807) is 6.07 Å². The van der Waals surface area contributed by atoms with Crippen LogP contribution in [0.4, 0.5) is 5.69 Å². The molecule has 1 aromatic heterocycles. The summed E-state index contributed by atoms with van der Waals surface area (Å²) in [4.78, 5) is 16.6. The van der Waals surface area contributed by atoms with Crippen LogP contribution in [0.3, 0.4) is 0 Å². The molecule has 6 heteroatoms. The van der Waals surface area contributed by atoms with Gasteiger partial charge in [-0.15, -0.1) is 0 Å². The fourth-order valence-electron chi connectivity index (χ4n) is 2.24. The summed E-state index contributed by atoms with van der Waals surface area (Å²) in [5.41, 5.74) is 8.24. The molecule has 3 rings (SSSR count). The summed E-state index contributed by atoms with van der Waals surface area (Å²) in [6.07, 6.45) is 0. The molecule has 0 spiro atoms. The van der Waals surface area contributed by atoms with Gasteiger partial charge in [0.2, 0.25) is 5.91 Å². The summed E-state index contributed by atoms with van der Waals surface area (Å²) in [6, 6.07) is 15.9. The first-order chi connectivity index (χ1) is 11.1. The van der Waals surface area contributed by atoms with Gasteiger partial charge < -0.3 is 11.1 Å². The minimum absolute atomic E-state index is 0.264. The van der Waals surface area contributed by atoms with E-state index < -0.39 is 6.04 Å². The second-order valence-electron chi connectivity index (χ2n) is 5.20. The highest BCUT2D eigenvalue weighted by molar-refractivity contribution is 5.95. The largest absolute Gasteiger partial charge is 0.324 e. The Balaban J connectivity index is 1.76. The normalized spacial score (nSPS) is 11.9. The molecular formula is C17H17N5O. The highest BCUT2D eigenvalue weighted by atomic mass is 16.2. The molecule has 0 fully saturated rings. The molecule has 0 bridgehead atoms. The van der Waals surface area contributed by atoms with Gasteiger partial charge in [0, 0.05) is 11.3 Å². The molecule has 1 amide bonds. The third-order valence-corrected chi connectivity index (χ3v) is 3.43. The number of anilines is 1. The van der Waals surface area contributed by atoms with Gasteiger partial charge in [0.25, 0.3) is 0 Å². The topological polar surface area (TPSA) is 96.7 Å². The highest BCUT2D eigenvalue weighted by Crippen LogP contribution is 2.20. The van der Waals surface area contributed by atoms with Gasteiger partial charge in [0.15, 0.2) is 5.82 Å². The van der Waals surface area contributed by atoms with Gasteiger partial charge in [0.05, 0.1) is 0 Å². The number of aromatic amines is 1. The molecule has 23 heavy (non-hydrogen) atoms. The molecule has 0 radical (unpaired) electrons. The average Bonchev–Trinajstić information content (AvgIpc) is 3.02. The molecule has 116 valence electrons. The first-order valence-electron chi connectivity index (χ1n) is 7.24. The number of hydrogen-bond donors (Lipinski definition) is 3. The molecule has 1 atom stereocenters. The van der Waals surface area contributed by atoms with Crippen molar-refractivity contribution in [3.63, 3.8) is 0 Å². The third-order valence-electron chi connectivity index (χ3n) is 3.43. The van der Waals surface area contributed by atoms with Gasteiger partial charge in [-0.25, -0.2) is 4.98 Å². The van der Waals surface area contributed by atoms with Crippen molar-refractivity contribution in [2.45, 2.75) is 13.0 Å². The van der Waals surface area contributed by atoms with Crippen LogP contribution in [-0.2, 0) is 4.79 Å². The van der Waals surface area contributed by atoms with Gasteiger partial charge in [-0.05, 0) is 24.6 Å². The lowest BCUT2D eigenvalue weighted by atomic mass is 10.1. The van der Waals surface area contributed by atoms with Crippen molar-refractivity contribution >= 4 is 11.6 Å². The summed E-state index contributed by atoms with van der Waals surface area (Å²) < 4.78 is 0. The second-order valence-corrected chi connectivity index (χ2v) is 5.20. The van der Waals surface area contributed by atoms with Crippen molar-refractivity contribution in [3.8, 4) is 11.4 Å². The number of aromatic nitrogens is 3. The molecular weight excluding hydrogens is 290 g/mol. The molecule has 1 heterocycles. The third kappa shape index (κ3) is 3.44. The second kappa shape index (κ2) is 6.41. The molecule has 3 aromatic rings. The number of carbonyl (C=O) groups is 1. The summed E-state index contributed by atoms with van der Waals surface area (Å²) in [6.45, 7) is 1.83. The summed E-state index contributed by atoms with van der Waals surface area (Å²) >= 11 is 0. The van der Waals surface area contributed by atoms with E-state index in [1.165, 1.54) is 0 Å². The molecule has 2 aromatic carbocycles.